The number of hydrogen-bond acceptors (Lipinski definition) is 5. The second kappa shape index (κ2) is 5.76. The minimum absolute atomic E-state index is 0.140. The van der Waals surface area contributed by atoms with Gasteiger partial charge in [-0.2, -0.15) is 0 Å². The number of rotatable bonds is 3. The Morgan fingerprint density at radius 3 is 2.73 bits per heavy atom. The van der Waals surface area contributed by atoms with Crippen molar-refractivity contribution in [3.8, 4) is 5.75 Å². The summed E-state index contributed by atoms with van der Waals surface area (Å²) in [5.41, 5.74) is -0.242. The van der Waals surface area contributed by atoms with Gasteiger partial charge in [-0.1, -0.05) is 0 Å². The highest BCUT2D eigenvalue weighted by Crippen LogP contribution is 2.29. The van der Waals surface area contributed by atoms with Gasteiger partial charge in [0.1, 0.15) is 5.75 Å². The van der Waals surface area contributed by atoms with E-state index in [1.165, 1.54) is 30.2 Å². The predicted octanol–water partition coefficient (Wildman–Crippen LogP) is 2.10. The molecular weight excluding hydrogens is 308 g/mol. The standard InChI is InChI=1S/C13H16N4O4S/c1-13(2)7-16(12(22)15-13)11(18)14-9-6-8(17(19)20)4-5-10(9)21-3/h4-6H,7H2,1-3H3,(H,14,18)(H,15,22). The lowest BCUT2D eigenvalue weighted by Gasteiger charge is -2.18. The third-order valence-corrected chi connectivity index (χ3v) is 3.45. The van der Waals surface area contributed by atoms with Crippen LogP contribution in [-0.2, 0) is 0 Å². The first-order chi connectivity index (χ1) is 10.2. The molecule has 0 unspecified atom stereocenters. The fraction of sp³-hybridized carbons (Fsp3) is 0.385. The number of nitro benzene ring substituents is 1. The Kier molecular flexibility index (Phi) is 4.18. The number of nitro groups is 1. The SMILES string of the molecule is COc1ccc([N+](=O)[O-])cc1NC(=O)N1CC(C)(C)NC1=S. The first-order valence-electron chi connectivity index (χ1n) is 6.46. The maximum atomic E-state index is 12.3. The van der Waals surface area contributed by atoms with Gasteiger partial charge in [0.05, 0.1) is 29.8 Å². The number of nitrogens with one attached hydrogen (secondary N) is 2. The van der Waals surface area contributed by atoms with Crippen molar-refractivity contribution in [1.29, 1.82) is 0 Å². The predicted molar refractivity (Wildman–Crippen MR) is 85.2 cm³/mol. The van der Waals surface area contributed by atoms with Crippen LogP contribution in [0.1, 0.15) is 13.8 Å². The summed E-state index contributed by atoms with van der Waals surface area (Å²) in [7, 11) is 1.42. The Morgan fingerprint density at radius 2 is 2.23 bits per heavy atom. The van der Waals surface area contributed by atoms with Gasteiger partial charge in [0.25, 0.3) is 5.69 Å². The number of carbonyl (C=O) groups excluding carboxylic acids is 1. The van der Waals surface area contributed by atoms with Crippen molar-refractivity contribution in [3.05, 3.63) is 28.3 Å². The summed E-state index contributed by atoms with van der Waals surface area (Å²) in [6.45, 7) is 4.23. The van der Waals surface area contributed by atoms with Gasteiger partial charge < -0.3 is 15.4 Å². The number of carbonyl (C=O) groups is 1. The second-order valence-electron chi connectivity index (χ2n) is 5.47. The topological polar surface area (TPSA) is 96.7 Å². The van der Waals surface area contributed by atoms with Crippen LogP contribution in [-0.4, -0.2) is 40.2 Å². The van der Waals surface area contributed by atoms with Crippen LogP contribution in [0.15, 0.2) is 18.2 Å². The molecule has 1 aliphatic heterocycles. The van der Waals surface area contributed by atoms with E-state index in [9.17, 15) is 14.9 Å². The van der Waals surface area contributed by atoms with Crippen molar-refractivity contribution in [2.75, 3.05) is 19.0 Å². The highest BCUT2D eigenvalue weighted by molar-refractivity contribution is 7.80. The Hall–Kier alpha value is -2.42. The minimum atomic E-state index is -0.541. The molecule has 9 heteroatoms. The summed E-state index contributed by atoms with van der Waals surface area (Å²) >= 11 is 5.12. The molecule has 1 aromatic rings. The molecule has 0 spiro atoms. The molecule has 1 heterocycles. The second-order valence-corrected chi connectivity index (χ2v) is 5.86. The van der Waals surface area contributed by atoms with Crippen LogP contribution in [0, 0.1) is 10.1 Å². The molecule has 8 nitrogen and oxygen atoms in total. The number of amides is 2. The molecule has 1 fully saturated rings. The van der Waals surface area contributed by atoms with Crippen molar-refractivity contribution in [3.63, 3.8) is 0 Å². The number of benzene rings is 1. The summed E-state index contributed by atoms with van der Waals surface area (Å²) in [6, 6.07) is 3.51. The number of thiocarbonyl (C=S) groups is 1. The van der Waals surface area contributed by atoms with E-state index in [-0.39, 0.29) is 16.9 Å². The molecule has 118 valence electrons. The number of anilines is 1. The summed E-state index contributed by atoms with van der Waals surface area (Å²) in [5.74, 6) is 0.330. The summed E-state index contributed by atoms with van der Waals surface area (Å²) in [6.07, 6.45) is 0. The van der Waals surface area contributed by atoms with Crippen molar-refractivity contribution in [1.82, 2.24) is 10.2 Å². The van der Waals surface area contributed by atoms with Gasteiger partial charge in [-0.15, -0.1) is 0 Å². The van der Waals surface area contributed by atoms with Crippen molar-refractivity contribution in [2.45, 2.75) is 19.4 Å². The van der Waals surface area contributed by atoms with E-state index in [4.69, 9.17) is 17.0 Å². The largest absolute Gasteiger partial charge is 0.495 e. The van der Waals surface area contributed by atoms with Gasteiger partial charge >= 0.3 is 6.03 Å². The quantitative estimate of drug-likeness (QED) is 0.502. The lowest BCUT2D eigenvalue weighted by Crippen LogP contribution is -2.37. The van der Waals surface area contributed by atoms with Crippen LogP contribution in [0.5, 0.6) is 5.75 Å². The van der Waals surface area contributed by atoms with Gasteiger partial charge in [-0.3, -0.25) is 15.0 Å². The fourth-order valence-corrected chi connectivity index (χ4v) is 2.54. The van der Waals surface area contributed by atoms with Crippen LogP contribution in [0.2, 0.25) is 0 Å². The monoisotopic (exact) mass is 324 g/mol. The number of methoxy groups -OCH3 is 1. The number of nitrogens with zero attached hydrogens (tertiary/aromatic N) is 2. The van der Waals surface area contributed by atoms with Crippen LogP contribution < -0.4 is 15.4 Å². The highest BCUT2D eigenvalue weighted by Gasteiger charge is 2.36. The van der Waals surface area contributed by atoms with Crippen LogP contribution >= 0.6 is 12.2 Å². The fourth-order valence-electron chi connectivity index (χ4n) is 2.12. The molecule has 0 atom stereocenters. The molecule has 1 aromatic carbocycles. The van der Waals surface area contributed by atoms with Gasteiger partial charge in [0, 0.05) is 12.1 Å². The smallest absolute Gasteiger partial charge is 0.328 e. The molecule has 2 amide bonds. The Balaban J connectivity index is 2.23. The molecule has 2 rings (SSSR count). The van der Waals surface area contributed by atoms with Crippen LogP contribution in [0.25, 0.3) is 0 Å². The average molecular weight is 324 g/mol. The zero-order valence-electron chi connectivity index (χ0n) is 12.4. The molecular formula is C13H16N4O4S. The average Bonchev–Trinajstić information content (AvgIpc) is 2.71. The summed E-state index contributed by atoms with van der Waals surface area (Å²) < 4.78 is 5.11. The third kappa shape index (κ3) is 3.25. The maximum Gasteiger partial charge on any atom is 0.328 e. The molecule has 0 aromatic heterocycles. The first kappa shape index (κ1) is 16.0. The molecule has 0 saturated carbocycles. The van der Waals surface area contributed by atoms with E-state index in [2.05, 4.69) is 10.6 Å². The van der Waals surface area contributed by atoms with Crippen molar-refractivity contribution >= 4 is 34.7 Å². The molecule has 1 aliphatic rings. The molecule has 0 aliphatic carbocycles. The van der Waals surface area contributed by atoms with Gasteiger partial charge in [-0.05, 0) is 32.1 Å². The molecule has 0 radical (unpaired) electrons. The molecule has 0 bridgehead atoms. The van der Waals surface area contributed by atoms with E-state index in [1.807, 2.05) is 13.8 Å². The van der Waals surface area contributed by atoms with E-state index in [1.54, 1.807) is 0 Å². The van der Waals surface area contributed by atoms with E-state index in [0.717, 1.165) is 0 Å². The Bertz CT molecular complexity index is 647. The number of hydrogen-bond donors (Lipinski definition) is 2. The van der Waals surface area contributed by atoms with Crippen molar-refractivity contribution < 1.29 is 14.5 Å². The zero-order chi connectivity index (χ0) is 16.5. The number of ether oxygens (including phenoxy) is 1. The van der Waals surface area contributed by atoms with Gasteiger partial charge in [0.2, 0.25) is 0 Å². The van der Waals surface area contributed by atoms with E-state index in [0.29, 0.717) is 17.4 Å². The molecule has 2 N–H and O–H groups in total. The third-order valence-electron chi connectivity index (χ3n) is 3.12. The van der Waals surface area contributed by atoms with Crippen LogP contribution in [0.3, 0.4) is 0 Å². The van der Waals surface area contributed by atoms with Gasteiger partial charge in [0.15, 0.2) is 5.11 Å². The highest BCUT2D eigenvalue weighted by atomic mass is 32.1. The van der Waals surface area contributed by atoms with E-state index < -0.39 is 11.0 Å². The zero-order valence-corrected chi connectivity index (χ0v) is 13.2. The van der Waals surface area contributed by atoms with E-state index >= 15 is 0 Å². The number of urea groups is 1. The van der Waals surface area contributed by atoms with Crippen LogP contribution in [0.4, 0.5) is 16.2 Å². The van der Waals surface area contributed by atoms with Crippen molar-refractivity contribution in [2.24, 2.45) is 0 Å². The Labute approximate surface area is 132 Å². The lowest BCUT2D eigenvalue weighted by molar-refractivity contribution is -0.384. The molecule has 22 heavy (non-hydrogen) atoms. The lowest BCUT2D eigenvalue weighted by atomic mass is 10.1. The maximum absolute atomic E-state index is 12.3. The first-order valence-corrected chi connectivity index (χ1v) is 6.87. The summed E-state index contributed by atoms with van der Waals surface area (Å²) in [5, 5.41) is 16.8. The molecule has 1 saturated heterocycles. The Morgan fingerprint density at radius 1 is 1.55 bits per heavy atom. The normalized spacial score (nSPS) is 16.1. The van der Waals surface area contributed by atoms with Gasteiger partial charge in [-0.25, -0.2) is 4.79 Å². The summed E-state index contributed by atoms with van der Waals surface area (Å²) in [4.78, 5) is 24.0. The number of non-ortho nitro benzene ring substituents is 1. The minimum Gasteiger partial charge on any atom is -0.495 e.